The predicted octanol–water partition coefficient (Wildman–Crippen LogP) is 10.8. The Bertz CT molecular complexity index is 1510. The molecule has 0 bridgehead atoms. The molecule has 0 unspecified atom stereocenters. The van der Waals surface area contributed by atoms with Gasteiger partial charge in [-0.3, -0.25) is 10.0 Å². The molecule has 2 atom stereocenters. The summed E-state index contributed by atoms with van der Waals surface area (Å²) in [5.74, 6) is -58.0. The number of aliphatic hydroxyl groups is 1. The molecular weight excluding hydrogens is 829 g/mol. The normalized spacial score (nSPS) is 16.2. The molecule has 326 valence electrons. The van der Waals surface area contributed by atoms with Crippen molar-refractivity contribution in [3.63, 3.8) is 0 Å². The summed E-state index contributed by atoms with van der Waals surface area (Å²) in [7, 11) is -3.96. The van der Waals surface area contributed by atoms with Gasteiger partial charge in [-0.25, -0.2) is 5.48 Å². The van der Waals surface area contributed by atoms with Crippen LogP contribution in [0.2, 0.25) is 17.1 Å². The van der Waals surface area contributed by atoms with Crippen LogP contribution in [-0.4, -0.2) is 85.4 Å². The Labute approximate surface area is 310 Å². The molecule has 6 nitrogen and oxygen atoms in total. The molecule has 0 aliphatic rings. The van der Waals surface area contributed by atoms with E-state index in [1.54, 1.807) is 13.8 Å². The van der Waals surface area contributed by atoms with Gasteiger partial charge in [0.15, 0.2) is 8.32 Å². The average Bonchev–Trinajstić information content (AvgIpc) is 3.08. The highest BCUT2D eigenvalue weighted by Gasteiger charge is 2.95. The second-order valence-electron chi connectivity index (χ2n) is 13.7. The number of ether oxygens (including phenoxy) is 1. The summed E-state index contributed by atoms with van der Waals surface area (Å²) in [6.45, 7) is 8.92. The van der Waals surface area contributed by atoms with Crippen LogP contribution >= 0.6 is 0 Å². The molecule has 0 spiro atoms. The summed E-state index contributed by atoms with van der Waals surface area (Å²) in [6.07, 6.45) is -11.5. The van der Waals surface area contributed by atoms with Gasteiger partial charge in [0.25, 0.3) is 5.91 Å². The van der Waals surface area contributed by atoms with Crippen LogP contribution in [0.25, 0.3) is 0 Å². The summed E-state index contributed by atoms with van der Waals surface area (Å²) in [5.41, 5.74) is 0.668. The minimum atomic E-state index is -8.69. The number of halogens is 17. The third-order valence-electron chi connectivity index (χ3n) is 9.71. The minimum Gasteiger partial charge on any atom is -0.491 e. The van der Waals surface area contributed by atoms with Gasteiger partial charge >= 0.3 is 47.6 Å². The van der Waals surface area contributed by atoms with Gasteiger partial charge in [-0.2, -0.15) is 74.6 Å². The summed E-state index contributed by atoms with van der Waals surface area (Å²) in [6, 6.07) is 4.27. The Morgan fingerprint density at radius 2 is 1.09 bits per heavy atom. The third kappa shape index (κ3) is 9.06. The quantitative estimate of drug-likeness (QED) is 0.0303. The third-order valence-corrected chi connectivity index (χ3v) is 15.4. The van der Waals surface area contributed by atoms with Crippen molar-refractivity contribution in [2.24, 2.45) is 5.92 Å². The molecule has 0 fully saturated rings. The maximum atomic E-state index is 14.8. The van der Waals surface area contributed by atoms with E-state index in [-0.39, 0.29) is 11.3 Å². The van der Waals surface area contributed by atoms with Crippen molar-refractivity contribution in [2.75, 3.05) is 13.2 Å². The lowest BCUT2D eigenvalue weighted by atomic mass is 9.88. The van der Waals surface area contributed by atoms with E-state index in [0.717, 1.165) is 0 Å². The largest absolute Gasteiger partial charge is 0.491 e. The number of hydrogen-bond donors (Lipinski definition) is 3. The molecule has 3 N–H and O–H groups in total. The average molecular weight is 870 g/mol. The fourth-order valence-corrected chi connectivity index (χ4v) is 10.1. The molecule has 24 heteroatoms. The number of nitrogens with one attached hydrogen (secondary N) is 1. The number of carbonyl (C=O) groups excluding carboxylic acids is 1. The Morgan fingerprint density at radius 1 is 0.679 bits per heavy atom. The zero-order chi connectivity index (χ0) is 44.5. The van der Waals surface area contributed by atoms with Crippen molar-refractivity contribution in [2.45, 2.75) is 126 Å². The van der Waals surface area contributed by atoms with Gasteiger partial charge in [0.2, 0.25) is 0 Å². The van der Waals surface area contributed by atoms with Gasteiger partial charge in [-0.15, -0.1) is 0 Å². The number of hydrogen-bond acceptors (Lipinski definition) is 5. The van der Waals surface area contributed by atoms with E-state index in [1.165, 1.54) is 64.4 Å². The zero-order valence-electron chi connectivity index (χ0n) is 30.5. The van der Waals surface area contributed by atoms with Gasteiger partial charge in [-0.05, 0) is 48.7 Å². The van der Waals surface area contributed by atoms with Gasteiger partial charge in [-0.1, -0.05) is 52.3 Å². The van der Waals surface area contributed by atoms with E-state index in [9.17, 15) is 84.5 Å². The van der Waals surface area contributed by atoms with Gasteiger partial charge < -0.3 is 14.3 Å². The Morgan fingerprint density at radius 3 is 1.48 bits per heavy atom. The van der Waals surface area contributed by atoms with Gasteiger partial charge in [0, 0.05) is 17.9 Å². The SMILES string of the molecule is C/C(C(=O)NO)=C(/C)[C@H](C)[C@@H](O)c1ccc(OCCO[Si](CCC(F)(F)C(F)(F)C(F)(F)C(F)(F)C(F)(F)C(F)(F)C(F)(F)C(F)(F)F)(C(C)C)C(C)C)cc1. The Balaban J connectivity index is 3.26. The van der Waals surface area contributed by atoms with Crippen LogP contribution in [0.4, 0.5) is 74.6 Å². The first-order valence-electron chi connectivity index (χ1n) is 16.3. The summed E-state index contributed by atoms with van der Waals surface area (Å²) in [4.78, 5) is 11.7. The van der Waals surface area contributed by atoms with E-state index < -0.39 is 111 Å². The predicted molar refractivity (Wildman–Crippen MR) is 166 cm³/mol. The molecule has 1 amide bonds. The van der Waals surface area contributed by atoms with E-state index in [4.69, 9.17) is 14.4 Å². The lowest BCUT2D eigenvalue weighted by molar-refractivity contribution is -0.461. The van der Waals surface area contributed by atoms with Gasteiger partial charge in [0.05, 0.1) is 12.7 Å². The van der Waals surface area contributed by atoms with Crippen LogP contribution in [0.1, 0.15) is 66.6 Å². The minimum absolute atomic E-state index is 0.131. The van der Waals surface area contributed by atoms with Crippen LogP contribution < -0.4 is 10.2 Å². The Hall–Kier alpha value is -2.86. The number of hydroxylamine groups is 1. The van der Waals surface area contributed by atoms with E-state index in [2.05, 4.69) is 0 Å². The van der Waals surface area contributed by atoms with Crippen LogP contribution in [0, 0.1) is 5.92 Å². The fourth-order valence-electron chi connectivity index (χ4n) is 5.64. The molecule has 0 saturated carbocycles. The maximum absolute atomic E-state index is 14.8. The zero-order valence-corrected chi connectivity index (χ0v) is 31.5. The standard InChI is InChI=1S/C32H40F17NO5Si/c1-16(2)56(17(3)4,55-14-13-54-22-10-8-21(9-11-22)23(51)19(6)18(5)20(7)24(52)50-53)15-12-25(33,34)26(35,36)27(37,38)28(39,40)29(41,42)30(43,44)31(45,46)32(47,48)49/h8-11,16-17,19,23,51,53H,12-15H2,1-7H3,(H,50,52)/b20-18+/t19-,23+/m0/s1. The first-order chi connectivity index (χ1) is 24.9. The summed E-state index contributed by atoms with van der Waals surface area (Å²) >= 11 is 0. The highest BCUT2D eigenvalue weighted by Crippen LogP contribution is 2.64. The topological polar surface area (TPSA) is 88.0 Å². The Kier molecular flexibility index (Phi) is 15.7. The number of alkyl halides is 17. The molecule has 0 aliphatic heterocycles. The molecule has 1 aromatic rings. The van der Waals surface area contributed by atoms with E-state index in [1.807, 2.05) is 0 Å². The molecule has 0 heterocycles. The number of benzene rings is 1. The van der Waals surface area contributed by atoms with Gasteiger partial charge in [0.1, 0.15) is 12.4 Å². The van der Waals surface area contributed by atoms with Crippen molar-refractivity contribution in [3.8, 4) is 5.75 Å². The number of rotatable bonds is 20. The van der Waals surface area contributed by atoms with Crippen LogP contribution in [0.15, 0.2) is 35.4 Å². The summed E-state index contributed by atoms with van der Waals surface area (Å²) in [5, 5.41) is 19.6. The monoisotopic (exact) mass is 869 g/mol. The van der Waals surface area contributed by atoms with Crippen LogP contribution in [0.5, 0.6) is 5.75 Å². The van der Waals surface area contributed by atoms with Crippen molar-refractivity contribution in [1.29, 1.82) is 0 Å². The lowest BCUT2D eigenvalue weighted by Crippen LogP contribution is -2.74. The maximum Gasteiger partial charge on any atom is 0.460 e. The molecule has 56 heavy (non-hydrogen) atoms. The second kappa shape index (κ2) is 17.2. The number of amides is 1. The first-order valence-corrected chi connectivity index (χ1v) is 18.6. The first kappa shape index (κ1) is 51.2. The summed E-state index contributed by atoms with van der Waals surface area (Å²) < 4.78 is 245. The van der Waals surface area contributed by atoms with Crippen molar-refractivity contribution in [3.05, 3.63) is 41.0 Å². The molecule has 0 aliphatic carbocycles. The highest BCUT2D eigenvalue weighted by molar-refractivity contribution is 6.76. The molecule has 1 rings (SSSR count). The van der Waals surface area contributed by atoms with E-state index >= 15 is 0 Å². The van der Waals surface area contributed by atoms with Crippen molar-refractivity contribution in [1.82, 2.24) is 5.48 Å². The van der Waals surface area contributed by atoms with Crippen molar-refractivity contribution >= 4 is 14.2 Å². The van der Waals surface area contributed by atoms with E-state index in [0.29, 0.717) is 11.1 Å². The second-order valence-corrected chi connectivity index (χ2v) is 18.7. The molecule has 0 saturated heterocycles. The number of carbonyl (C=O) groups is 1. The molecular formula is C32H40F17NO5Si. The number of aliphatic hydroxyl groups excluding tert-OH is 1. The molecule has 0 aromatic heterocycles. The fraction of sp³-hybridized carbons (Fsp3) is 0.719. The highest BCUT2D eigenvalue weighted by atomic mass is 28.4. The molecule has 0 radical (unpaired) electrons. The molecule has 1 aromatic carbocycles. The van der Waals surface area contributed by atoms with Crippen LogP contribution in [0.3, 0.4) is 0 Å². The lowest BCUT2D eigenvalue weighted by Gasteiger charge is -2.44. The van der Waals surface area contributed by atoms with Crippen molar-refractivity contribution < 1.29 is 98.9 Å². The smallest absolute Gasteiger partial charge is 0.460 e. The van der Waals surface area contributed by atoms with Crippen LogP contribution in [-0.2, 0) is 9.22 Å².